The lowest BCUT2D eigenvalue weighted by Crippen LogP contribution is -2.36. The number of carboxylic acid groups (broad SMARTS) is 1. The zero-order valence-electron chi connectivity index (χ0n) is 8.41. The Morgan fingerprint density at radius 2 is 2.12 bits per heavy atom. The summed E-state index contributed by atoms with van der Waals surface area (Å²) in [7, 11) is 0. The fourth-order valence-electron chi connectivity index (χ4n) is 1.90. The van der Waals surface area contributed by atoms with Gasteiger partial charge < -0.3 is 10.8 Å². The number of primary amides is 1. The standard InChI is InChI=1S/C10H11N3O3/c11-10(16)9-6-3-1-2-4-7(6)13(12-9)5-8(14)15/h1-4,6-7H,5H2,(H2,11,16)(H,14,15). The first kappa shape index (κ1) is 10.4. The van der Waals surface area contributed by atoms with Crippen LogP contribution in [0.3, 0.4) is 0 Å². The van der Waals surface area contributed by atoms with Crippen molar-refractivity contribution in [3.8, 4) is 0 Å². The normalized spacial score (nSPS) is 26.5. The molecule has 2 atom stereocenters. The van der Waals surface area contributed by atoms with E-state index in [0.717, 1.165) is 0 Å². The van der Waals surface area contributed by atoms with E-state index < -0.39 is 11.9 Å². The number of nitrogens with zero attached hydrogens (tertiary/aromatic N) is 2. The summed E-state index contributed by atoms with van der Waals surface area (Å²) in [6, 6.07) is -0.219. The molecule has 2 aliphatic rings. The second-order valence-corrected chi connectivity index (χ2v) is 3.63. The van der Waals surface area contributed by atoms with Crippen molar-refractivity contribution in [3.05, 3.63) is 24.3 Å². The van der Waals surface area contributed by atoms with E-state index in [4.69, 9.17) is 10.8 Å². The van der Waals surface area contributed by atoms with Crippen molar-refractivity contribution in [3.63, 3.8) is 0 Å². The minimum atomic E-state index is -0.990. The molecule has 2 unspecified atom stereocenters. The van der Waals surface area contributed by atoms with E-state index in [-0.39, 0.29) is 24.2 Å². The average molecular weight is 221 g/mol. The van der Waals surface area contributed by atoms with Crippen molar-refractivity contribution in [2.24, 2.45) is 16.8 Å². The van der Waals surface area contributed by atoms with E-state index in [9.17, 15) is 9.59 Å². The number of aliphatic carboxylic acids is 1. The molecule has 6 heteroatoms. The summed E-state index contributed by atoms with van der Waals surface area (Å²) in [5, 5.41) is 14.1. The van der Waals surface area contributed by atoms with Crippen LogP contribution in [0.25, 0.3) is 0 Å². The predicted octanol–water partition coefficient (Wildman–Crippen LogP) is -0.661. The van der Waals surface area contributed by atoms with Crippen LogP contribution in [0.15, 0.2) is 29.4 Å². The number of hydrogen-bond acceptors (Lipinski definition) is 4. The van der Waals surface area contributed by atoms with Crippen LogP contribution >= 0.6 is 0 Å². The largest absolute Gasteiger partial charge is 0.480 e. The van der Waals surface area contributed by atoms with Crippen LogP contribution in [0.4, 0.5) is 0 Å². The van der Waals surface area contributed by atoms with Crippen LogP contribution < -0.4 is 5.73 Å². The van der Waals surface area contributed by atoms with Gasteiger partial charge in [0.05, 0.1) is 12.0 Å². The molecule has 1 heterocycles. The summed E-state index contributed by atoms with van der Waals surface area (Å²) in [4.78, 5) is 21.8. The van der Waals surface area contributed by atoms with Gasteiger partial charge in [-0.15, -0.1) is 0 Å². The van der Waals surface area contributed by atoms with Crippen molar-refractivity contribution >= 4 is 17.6 Å². The molecule has 1 aliphatic heterocycles. The number of carbonyl (C=O) groups is 2. The van der Waals surface area contributed by atoms with Crippen molar-refractivity contribution in [2.45, 2.75) is 6.04 Å². The Labute approximate surface area is 91.7 Å². The molecule has 0 aromatic rings. The third-order valence-corrected chi connectivity index (χ3v) is 2.55. The van der Waals surface area contributed by atoms with Gasteiger partial charge in [0.2, 0.25) is 0 Å². The highest BCUT2D eigenvalue weighted by Crippen LogP contribution is 2.26. The fourth-order valence-corrected chi connectivity index (χ4v) is 1.90. The lowest BCUT2D eigenvalue weighted by molar-refractivity contribution is -0.138. The van der Waals surface area contributed by atoms with Crippen LogP contribution in [0, 0.1) is 5.92 Å². The first-order valence-electron chi connectivity index (χ1n) is 4.81. The number of amides is 1. The van der Waals surface area contributed by atoms with Crippen LogP contribution in [-0.4, -0.2) is 40.3 Å². The maximum atomic E-state index is 11.1. The van der Waals surface area contributed by atoms with Gasteiger partial charge in [0.15, 0.2) is 0 Å². The number of hydrazone groups is 1. The summed E-state index contributed by atoms with van der Waals surface area (Å²) >= 11 is 0. The van der Waals surface area contributed by atoms with Crippen LogP contribution in [0.5, 0.6) is 0 Å². The summed E-state index contributed by atoms with van der Waals surface area (Å²) in [5.41, 5.74) is 5.41. The highest BCUT2D eigenvalue weighted by molar-refractivity contribution is 6.40. The lowest BCUT2D eigenvalue weighted by Gasteiger charge is -2.23. The molecule has 3 N–H and O–H groups in total. The Morgan fingerprint density at radius 1 is 1.44 bits per heavy atom. The van der Waals surface area contributed by atoms with Gasteiger partial charge in [0.25, 0.3) is 5.91 Å². The van der Waals surface area contributed by atoms with E-state index in [1.165, 1.54) is 5.01 Å². The Hall–Kier alpha value is -2.11. The molecule has 6 nitrogen and oxygen atoms in total. The third-order valence-electron chi connectivity index (χ3n) is 2.55. The Balaban J connectivity index is 2.27. The summed E-state index contributed by atoms with van der Waals surface area (Å²) < 4.78 is 0. The van der Waals surface area contributed by atoms with E-state index in [2.05, 4.69) is 5.10 Å². The predicted molar refractivity (Wildman–Crippen MR) is 56.5 cm³/mol. The maximum Gasteiger partial charge on any atom is 0.324 e. The molecule has 0 aromatic carbocycles. The first-order chi connectivity index (χ1) is 7.59. The van der Waals surface area contributed by atoms with Crippen molar-refractivity contribution in [1.82, 2.24) is 5.01 Å². The number of allylic oxidation sites excluding steroid dienone is 2. The molecule has 16 heavy (non-hydrogen) atoms. The molecule has 0 radical (unpaired) electrons. The number of fused-ring (bicyclic) bond motifs is 1. The van der Waals surface area contributed by atoms with Gasteiger partial charge in [-0.3, -0.25) is 14.6 Å². The number of rotatable bonds is 3. The Morgan fingerprint density at radius 3 is 2.75 bits per heavy atom. The quantitative estimate of drug-likeness (QED) is 0.661. The molecule has 0 aromatic heterocycles. The van der Waals surface area contributed by atoms with Crippen molar-refractivity contribution < 1.29 is 14.7 Å². The zero-order valence-corrected chi connectivity index (χ0v) is 8.41. The van der Waals surface area contributed by atoms with Gasteiger partial charge in [0.1, 0.15) is 12.3 Å². The number of hydrogen-bond donors (Lipinski definition) is 2. The van der Waals surface area contributed by atoms with E-state index >= 15 is 0 Å². The topological polar surface area (TPSA) is 96.0 Å². The van der Waals surface area contributed by atoms with Gasteiger partial charge in [-0.25, -0.2) is 0 Å². The molecule has 84 valence electrons. The molecule has 0 saturated carbocycles. The maximum absolute atomic E-state index is 11.1. The van der Waals surface area contributed by atoms with Gasteiger partial charge >= 0.3 is 5.97 Å². The average Bonchev–Trinajstić information content (AvgIpc) is 2.57. The minimum Gasteiger partial charge on any atom is -0.480 e. The number of carboxylic acids is 1. The smallest absolute Gasteiger partial charge is 0.324 e. The van der Waals surface area contributed by atoms with Crippen LogP contribution in [-0.2, 0) is 9.59 Å². The van der Waals surface area contributed by atoms with E-state index in [0.29, 0.717) is 0 Å². The van der Waals surface area contributed by atoms with Gasteiger partial charge in [-0.2, -0.15) is 5.10 Å². The first-order valence-corrected chi connectivity index (χ1v) is 4.81. The molecule has 1 amide bonds. The zero-order chi connectivity index (χ0) is 11.7. The molecule has 0 fully saturated rings. The summed E-state index contributed by atoms with van der Waals surface area (Å²) in [5.74, 6) is -1.83. The van der Waals surface area contributed by atoms with Gasteiger partial charge in [0, 0.05) is 0 Å². The Bertz CT molecular complexity index is 425. The van der Waals surface area contributed by atoms with E-state index in [1.807, 2.05) is 6.08 Å². The van der Waals surface area contributed by atoms with Gasteiger partial charge in [-0.1, -0.05) is 24.3 Å². The number of nitrogens with two attached hydrogens (primary N) is 1. The third kappa shape index (κ3) is 1.69. The molecule has 0 saturated heterocycles. The molecule has 0 bridgehead atoms. The number of carbonyl (C=O) groups excluding carboxylic acids is 1. The van der Waals surface area contributed by atoms with E-state index in [1.54, 1.807) is 18.2 Å². The van der Waals surface area contributed by atoms with Gasteiger partial charge in [-0.05, 0) is 0 Å². The second kappa shape index (κ2) is 3.80. The lowest BCUT2D eigenvalue weighted by atomic mass is 9.91. The Kier molecular flexibility index (Phi) is 2.47. The van der Waals surface area contributed by atoms with Crippen LogP contribution in [0.1, 0.15) is 0 Å². The second-order valence-electron chi connectivity index (χ2n) is 3.63. The van der Waals surface area contributed by atoms with Crippen molar-refractivity contribution in [1.29, 1.82) is 0 Å². The molecular weight excluding hydrogens is 210 g/mol. The molecular formula is C10H11N3O3. The summed E-state index contributed by atoms with van der Waals surface area (Å²) in [6.45, 7) is -0.240. The SMILES string of the molecule is NC(=O)C1=NN(CC(=O)O)C2C=CC=CC12. The highest BCUT2D eigenvalue weighted by Gasteiger charge is 2.38. The molecule has 1 aliphatic carbocycles. The molecule has 0 spiro atoms. The summed E-state index contributed by atoms with van der Waals surface area (Å²) in [6.07, 6.45) is 7.21. The van der Waals surface area contributed by atoms with Crippen molar-refractivity contribution in [2.75, 3.05) is 6.54 Å². The highest BCUT2D eigenvalue weighted by atomic mass is 16.4. The minimum absolute atomic E-state index is 0.215. The van der Waals surface area contributed by atoms with Crippen LogP contribution in [0.2, 0.25) is 0 Å². The monoisotopic (exact) mass is 221 g/mol. The molecule has 2 rings (SSSR count). The fraction of sp³-hybridized carbons (Fsp3) is 0.300.